The van der Waals surface area contributed by atoms with E-state index in [1.54, 1.807) is 11.3 Å². The molecule has 0 spiro atoms. The Bertz CT molecular complexity index is 307. The Hall–Kier alpha value is 0.100. The maximum absolute atomic E-state index is 3.54. The summed E-state index contributed by atoms with van der Waals surface area (Å²) in [6, 6.07) is 2.10. The Morgan fingerprint density at radius 2 is 2.13 bits per heavy atom. The molecule has 0 radical (unpaired) electrons. The Kier molecular flexibility index (Phi) is 4.77. The fraction of sp³-hybridized carbons (Fsp3) is 0.636. The first-order valence-electron chi connectivity index (χ1n) is 5.03. The lowest BCUT2D eigenvalue weighted by molar-refractivity contribution is 0.190. The SMILES string of the molecule is CN(C)C(C)(C)CNCc1sccc1Br. The summed E-state index contributed by atoms with van der Waals surface area (Å²) in [6.07, 6.45) is 0. The Morgan fingerprint density at radius 1 is 1.47 bits per heavy atom. The third-order valence-corrected chi connectivity index (χ3v) is 4.67. The van der Waals surface area contributed by atoms with Gasteiger partial charge in [-0.3, -0.25) is 0 Å². The molecule has 0 bridgehead atoms. The summed E-state index contributed by atoms with van der Waals surface area (Å²) >= 11 is 5.32. The molecule has 0 aliphatic rings. The molecule has 0 saturated carbocycles. The van der Waals surface area contributed by atoms with Crippen molar-refractivity contribution in [3.8, 4) is 0 Å². The lowest BCUT2D eigenvalue weighted by atomic mass is 10.0. The average Bonchev–Trinajstić information content (AvgIpc) is 2.51. The average molecular weight is 291 g/mol. The van der Waals surface area contributed by atoms with Gasteiger partial charge in [0.25, 0.3) is 0 Å². The van der Waals surface area contributed by atoms with Crippen LogP contribution in [0.1, 0.15) is 18.7 Å². The van der Waals surface area contributed by atoms with Crippen molar-refractivity contribution in [1.82, 2.24) is 10.2 Å². The molecule has 0 atom stereocenters. The summed E-state index contributed by atoms with van der Waals surface area (Å²) in [5, 5.41) is 5.60. The Balaban J connectivity index is 2.37. The third-order valence-electron chi connectivity index (χ3n) is 2.74. The van der Waals surface area contributed by atoms with E-state index >= 15 is 0 Å². The minimum absolute atomic E-state index is 0.198. The van der Waals surface area contributed by atoms with Crippen molar-refractivity contribution >= 4 is 27.3 Å². The van der Waals surface area contributed by atoms with E-state index in [9.17, 15) is 0 Å². The van der Waals surface area contributed by atoms with E-state index in [0.717, 1.165) is 13.1 Å². The number of thiophene rings is 1. The van der Waals surface area contributed by atoms with Crippen LogP contribution in [0.25, 0.3) is 0 Å². The molecule has 1 heterocycles. The maximum Gasteiger partial charge on any atom is 0.0327 e. The predicted molar refractivity (Wildman–Crippen MR) is 71.5 cm³/mol. The van der Waals surface area contributed by atoms with Gasteiger partial charge in [-0.1, -0.05) is 0 Å². The van der Waals surface area contributed by atoms with Crippen LogP contribution in [-0.4, -0.2) is 31.1 Å². The van der Waals surface area contributed by atoms with E-state index in [2.05, 4.69) is 65.5 Å². The fourth-order valence-corrected chi connectivity index (χ4v) is 2.55. The van der Waals surface area contributed by atoms with Crippen LogP contribution in [0, 0.1) is 0 Å². The molecule has 0 saturated heterocycles. The molecule has 1 rings (SSSR count). The molecule has 2 nitrogen and oxygen atoms in total. The van der Waals surface area contributed by atoms with E-state index in [1.807, 2.05) is 0 Å². The maximum atomic E-state index is 3.54. The smallest absolute Gasteiger partial charge is 0.0327 e. The minimum Gasteiger partial charge on any atom is -0.310 e. The van der Waals surface area contributed by atoms with Gasteiger partial charge in [-0.2, -0.15) is 0 Å². The molecule has 0 aliphatic carbocycles. The second-order valence-electron chi connectivity index (χ2n) is 4.50. The Morgan fingerprint density at radius 3 is 2.60 bits per heavy atom. The van der Waals surface area contributed by atoms with Crippen LogP contribution in [0.3, 0.4) is 0 Å². The zero-order chi connectivity index (χ0) is 11.5. The van der Waals surface area contributed by atoms with Crippen molar-refractivity contribution in [3.63, 3.8) is 0 Å². The van der Waals surface area contributed by atoms with Crippen molar-refractivity contribution in [1.29, 1.82) is 0 Å². The molecule has 1 N–H and O–H groups in total. The summed E-state index contributed by atoms with van der Waals surface area (Å²) in [7, 11) is 4.23. The van der Waals surface area contributed by atoms with Crippen LogP contribution in [-0.2, 0) is 6.54 Å². The van der Waals surface area contributed by atoms with E-state index in [4.69, 9.17) is 0 Å². The molecule has 0 fully saturated rings. The van der Waals surface area contributed by atoms with Gasteiger partial charge in [0, 0.05) is 28.0 Å². The predicted octanol–water partition coefficient (Wildman–Crippen LogP) is 2.94. The Labute approximate surface area is 105 Å². The van der Waals surface area contributed by atoms with Gasteiger partial charge in [-0.05, 0) is 55.3 Å². The normalized spacial score (nSPS) is 12.4. The van der Waals surface area contributed by atoms with Crippen LogP contribution in [0.2, 0.25) is 0 Å². The second kappa shape index (κ2) is 5.43. The molecular weight excluding hydrogens is 272 g/mol. The molecule has 0 aromatic carbocycles. The number of hydrogen-bond donors (Lipinski definition) is 1. The van der Waals surface area contributed by atoms with Crippen LogP contribution in [0.4, 0.5) is 0 Å². The van der Waals surface area contributed by atoms with Crippen molar-refractivity contribution in [3.05, 3.63) is 20.8 Å². The molecule has 1 aromatic rings. The van der Waals surface area contributed by atoms with Crippen molar-refractivity contribution in [2.75, 3.05) is 20.6 Å². The number of halogens is 1. The lowest BCUT2D eigenvalue weighted by Gasteiger charge is -2.32. The highest BCUT2D eigenvalue weighted by atomic mass is 79.9. The van der Waals surface area contributed by atoms with Gasteiger partial charge in [-0.15, -0.1) is 11.3 Å². The summed E-state index contributed by atoms with van der Waals surface area (Å²) in [5.74, 6) is 0. The van der Waals surface area contributed by atoms with Crippen molar-refractivity contribution in [2.24, 2.45) is 0 Å². The number of nitrogens with one attached hydrogen (secondary N) is 1. The monoisotopic (exact) mass is 290 g/mol. The van der Waals surface area contributed by atoms with E-state index in [0.29, 0.717) is 0 Å². The fourth-order valence-electron chi connectivity index (χ4n) is 1.09. The second-order valence-corrected chi connectivity index (χ2v) is 6.36. The number of rotatable bonds is 5. The number of likely N-dealkylation sites (N-methyl/N-ethyl adjacent to an activating group) is 1. The molecule has 0 unspecified atom stereocenters. The molecule has 15 heavy (non-hydrogen) atoms. The third kappa shape index (κ3) is 3.87. The zero-order valence-corrected chi connectivity index (χ0v) is 12.2. The first-order chi connectivity index (χ1) is 6.93. The van der Waals surface area contributed by atoms with Gasteiger partial charge in [0.1, 0.15) is 0 Å². The van der Waals surface area contributed by atoms with Gasteiger partial charge in [0.2, 0.25) is 0 Å². The molecule has 1 aromatic heterocycles. The highest BCUT2D eigenvalue weighted by Gasteiger charge is 2.19. The molecule has 86 valence electrons. The highest BCUT2D eigenvalue weighted by Crippen LogP contribution is 2.22. The summed E-state index contributed by atoms with van der Waals surface area (Å²) in [5.41, 5.74) is 0.198. The van der Waals surface area contributed by atoms with E-state index in [1.165, 1.54) is 9.35 Å². The van der Waals surface area contributed by atoms with Gasteiger partial charge >= 0.3 is 0 Å². The quantitative estimate of drug-likeness (QED) is 0.897. The van der Waals surface area contributed by atoms with Gasteiger partial charge < -0.3 is 10.2 Å². The standard InChI is InChI=1S/C11H19BrN2S/c1-11(2,14(3)4)8-13-7-10-9(12)5-6-15-10/h5-6,13H,7-8H2,1-4H3. The minimum atomic E-state index is 0.198. The first kappa shape index (κ1) is 13.2. The summed E-state index contributed by atoms with van der Waals surface area (Å²) in [6.45, 7) is 6.41. The van der Waals surface area contributed by atoms with Crippen LogP contribution >= 0.6 is 27.3 Å². The molecule has 0 aliphatic heterocycles. The van der Waals surface area contributed by atoms with Gasteiger partial charge in [0.05, 0.1) is 0 Å². The lowest BCUT2D eigenvalue weighted by Crippen LogP contribution is -2.46. The largest absolute Gasteiger partial charge is 0.310 e. The zero-order valence-electron chi connectivity index (χ0n) is 9.80. The molecule has 0 amide bonds. The van der Waals surface area contributed by atoms with Crippen molar-refractivity contribution in [2.45, 2.75) is 25.9 Å². The summed E-state index contributed by atoms with van der Waals surface area (Å²) < 4.78 is 1.21. The topological polar surface area (TPSA) is 15.3 Å². The molecule has 4 heteroatoms. The highest BCUT2D eigenvalue weighted by molar-refractivity contribution is 9.10. The van der Waals surface area contributed by atoms with Gasteiger partial charge in [0.15, 0.2) is 0 Å². The van der Waals surface area contributed by atoms with Crippen LogP contribution < -0.4 is 5.32 Å². The van der Waals surface area contributed by atoms with Crippen LogP contribution in [0.5, 0.6) is 0 Å². The molecular formula is C11H19BrN2S. The van der Waals surface area contributed by atoms with Crippen molar-refractivity contribution < 1.29 is 0 Å². The summed E-state index contributed by atoms with van der Waals surface area (Å²) in [4.78, 5) is 3.60. The number of hydrogen-bond acceptors (Lipinski definition) is 3. The number of nitrogens with zero attached hydrogens (tertiary/aromatic N) is 1. The van der Waals surface area contributed by atoms with E-state index in [-0.39, 0.29) is 5.54 Å². The van der Waals surface area contributed by atoms with Crippen LogP contribution in [0.15, 0.2) is 15.9 Å². The van der Waals surface area contributed by atoms with Gasteiger partial charge in [-0.25, -0.2) is 0 Å². The van der Waals surface area contributed by atoms with E-state index < -0.39 is 0 Å². The first-order valence-corrected chi connectivity index (χ1v) is 6.71.